The van der Waals surface area contributed by atoms with Gasteiger partial charge in [0.2, 0.25) is 0 Å². The number of nitrogens with zero attached hydrogens (tertiary/aromatic N) is 5. The number of aromatic nitrogens is 3. The maximum Gasteiger partial charge on any atom is 0.137 e. The lowest BCUT2D eigenvalue weighted by Crippen LogP contribution is -2.35. The maximum absolute atomic E-state index is 5.82. The Balaban J connectivity index is 1.58. The van der Waals surface area contributed by atoms with Crippen molar-refractivity contribution in [3.63, 3.8) is 0 Å². The Hall–Kier alpha value is -2.83. The molecule has 6 heteroatoms. The van der Waals surface area contributed by atoms with Gasteiger partial charge < -0.3 is 9.64 Å². The topological polar surface area (TPSA) is 54.4 Å². The second-order valence-electron chi connectivity index (χ2n) is 9.02. The second-order valence-corrected chi connectivity index (χ2v) is 9.02. The largest absolute Gasteiger partial charge is 0.379 e. The van der Waals surface area contributed by atoms with Gasteiger partial charge in [0.15, 0.2) is 0 Å². The van der Waals surface area contributed by atoms with Crippen LogP contribution in [0.2, 0.25) is 0 Å². The molecule has 0 aliphatic carbocycles. The van der Waals surface area contributed by atoms with Crippen molar-refractivity contribution in [2.45, 2.75) is 59.4 Å². The molecule has 1 aromatic carbocycles. The predicted molar refractivity (Wildman–Crippen MR) is 132 cm³/mol. The van der Waals surface area contributed by atoms with E-state index in [0.29, 0.717) is 0 Å². The number of aryl methyl sites for hydroxylation is 1. The maximum atomic E-state index is 5.82. The van der Waals surface area contributed by atoms with Gasteiger partial charge in [0, 0.05) is 63.7 Å². The molecule has 0 bridgehead atoms. The Morgan fingerprint density at radius 1 is 1.03 bits per heavy atom. The highest BCUT2D eigenvalue weighted by atomic mass is 16.5. The monoisotopic (exact) mass is 445 g/mol. The van der Waals surface area contributed by atoms with E-state index >= 15 is 0 Å². The average Bonchev–Trinajstić information content (AvgIpc) is 2.82. The first-order chi connectivity index (χ1) is 16.1. The van der Waals surface area contributed by atoms with Crippen LogP contribution < -0.4 is 4.90 Å². The molecule has 0 fully saturated rings. The molecule has 1 aliphatic heterocycles. The van der Waals surface area contributed by atoms with Gasteiger partial charge in [-0.3, -0.25) is 9.88 Å². The molecule has 0 atom stereocenters. The van der Waals surface area contributed by atoms with Crippen LogP contribution in [0.1, 0.15) is 48.5 Å². The van der Waals surface area contributed by atoms with Gasteiger partial charge in [-0.05, 0) is 50.5 Å². The van der Waals surface area contributed by atoms with Crippen molar-refractivity contribution in [1.29, 1.82) is 0 Å². The predicted octanol–water partition coefficient (Wildman–Crippen LogP) is 4.56. The third-order valence-corrected chi connectivity index (χ3v) is 5.92. The van der Waals surface area contributed by atoms with E-state index in [0.717, 1.165) is 63.8 Å². The van der Waals surface area contributed by atoms with Gasteiger partial charge in [-0.1, -0.05) is 30.3 Å². The third kappa shape index (κ3) is 6.59. The molecule has 6 nitrogen and oxygen atoms in total. The summed E-state index contributed by atoms with van der Waals surface area (Å²) in [5.74, 6) is 1.91. The number of hydrogen-bond donors (Lipinski definition) is 0. The third-order valence-electron chi connectivity index (χ3n) is 5.92. The molecule has 4 rings (SSSR count). The van der Waals surface area contributed by atoms with Crippen molar-refractivity contribution in [3.05, 3.63) is 83.1 Å². The van der Waals surface area contributed by atoms with Crippen molar-refractivity contribution in [2.75, 3.05) is 24.6 Å². The summed E-state index contributed by atoms with van der Waals surface area (Å²) in [6, 6.07) is 14.9. The summed E-state index contributed by atoms with van der Waals surface area (Å²) in [7, 11) is 0. The fourth-order valence-corrected chi connectivity index (χ4v) is 4.35. The number of rotatable bonds is 10. The summed E-state index contributed by atoms with van der Waals surface area (Å²) >= 11 is 0. The van der Waals surface area contributed by atoms with Gasteiger partial charge in [-0.2, -0.15) is 0 Å². The lowest BCUT2D eigenvalue weighted by molar-refractivity contribution is 0.0778. The minimum Gasteiger partial charge on any atom is -0.379 e. The molecular formula is C27H35N5O. The number of fused-ring (bicyclic) bond motifs is 1. The Morgan fingerprint density at radius 2 is 1.82 bits per heavy atom. The highest BCUT2D eigenvalue weighted by Gasteiger charge is 2.25. The van der Waals surface area contributed by atoms with E-state index in [1.165, 1.54) is 22.4 Å². The molecule has 0 saturated heterocycles. The number of pyridine rings is 1. The molecule has 2 aromatic heterocycles. The van der Waals surface area contributed by atoms with Crippen LogP contribution in [0.3, 0.4) is 0 Å². The Kier molecular flexibility index (Phi) is 8.02. The highest BCUT2D eigenvalue weighted by molar-refractivity contribution is 5.51. The van der Waals surface area contributed by atoms with Crippen LogP contribution in [0.15, 0.2) is 54.9 Å². The standard InChI is InChI=1S/C27H35N5O/c1-21(2)33-17-7-15-32(19-24-10-13-28-14-11-24)27-25-20-31(18-23-8-5-4-6-9-23)16-12-26(25)29-22(3)30-27/h4-6,8-11,13-14,21H,7,12,15-20H2,1-3H3. The smallest absolute Gasteiger partial charge is 0.137 e. The van der Waals surface area contributed by atoms with Gasteiger partial charge in [0.05, 0.1) is 11.8 Å². The van der Waals surface area contributed by atoms with Gasteiger partial charge in [-0.15, -0.1) is 0 Å². The quantitative estimate of drug-likeness (QED) is 0.427. The van der Waals surface area contributed by atoms with E-state index < -0.39 is 0 Å². The molecule has 0 N–H and O–H groups in total. The lowest BCUT2D eigenvalue weighted by Gasteiger charge is -2.33. The summed E-state index contributed by atoms with van der Waals surface area (Å²) in [6.45, 7) is 11.4. The number of hydrogen-bond acceptors (Lipinski definition) is 6. The normalized spacial score (nSPS) is 13.8. The molecule has 174 valence electrons. The van der Waals surface area contributed by atoms with Gasteiger partial charge in [0.1, 0.15) is 11.6 Å². The zero-order valence-electron chi connectivity index (χ0n) is 20.1. The first-order valence-corrected chi connectivity index (χ1v) is 12.0. The van der Waals surface area contributed by atoms with Crippen LogP contribution in [0, 0.1) is 6.92 Å². The fraction of sp³-hybridized carbons (Fsp3) is 0.444. The van der Waals surface area contributed by atoms with Crippen LogP contribution in [-0.4, -0.2) is 45.7 Å². The van der Waals surface area contributed by atoms with E-state index in [1.54, 1.807) is 0 Å². The lowest BCUT2D eigenvalue weighted by atomic mass is 10.0. The van der Waals surface area contributed by atoms with E-state index in [4.69, 9.17) is 14.7 Å². The molecule has 0 spiro atoms. The fourth-order valence-electron chi connectivity index (χ4n) is 4.35. The second kappa shape index (κ2) is 11.3. The number of anilines is 1. The van der Waals surface area contributed by atoms with Gasteiger partial charge >= 0.3 is 0 Å². The molecular weight excluding hydrogens is 410 g/mol. The molecule has 3 aromatic rings. The molecule has 0 amide bonds. The summed E-state index contributed by atoms with van der Waals surface area (Å²) in [5, 5.41) is 0. The van der Waals surface area contributed by atoms with Crippen LogP contribution in [-0.2, 0) is 30.8 Å². The van der Waals surface area contributed by atoms with E-state index in [-0.39, 0.29) is 6.10 Å². The first-order valence-electron chi connectivity index (χ1n) is 12.0. The van der Waals surface area contributed by atoms with E-state index in [1.807, 2.05) is 19.3 Å². The summed E-state index contributed by atoms with van der Waals surface area (Å²) in [5.41, 5.74) is 5.04. The average molecular weight is 446 g/mol. The molecule has 33 heavy (non-hydrogen) atoms. The van der Waals surface area contributed by atoms with E-state index in [2.05, 4.69) is 71.1 Å². The molecule has 3 heterocycles. The minimum atomic E-state index is 0.249. The first kappa shape index (κ1) is 23.3. The zero-order valence-corrected chi connectivity index (χ0v) is 20.1. The van der Waals surface area contributed by atoms with Crippen LogP contribution in [0.5, 0.6) is 0 Å². The highest BCUT2D eigenvalue weighted by Crippen LogP contribution is 2.29. The number of ether oxygens (including phenoxy) is 1. The molecule has 0 saturated carbocycles. The Labute approximate surface area is 197 Å². The molecule has 0 radical (unpaired) electrons. The van der Waals surface area contributed by atoms with Crippen LogP contribution in [0.25, 0.3) is 0 Å². The molecule has 1 aliphatic rings. The van der Waals surface area contributed by atoms with E-state index in [9.17, 15) is 0 Å². The minimum absolute atomic E-state index is 0.249. The van der Waals surface area contributed by atoms with Crippen molar-refractivity contribution >= 4 is 5.82 Å². The van der Waals surface area contributed by atoms with Crippen LogP contribution in [0.4, 0.5) is 5.82 Å². The SMILES string of the molecule is Cc1nc2c(c(N(CCCOC(C)C)Cc3ccncc3)n1)CN(Cc1ccccc1)CC2. The summed E-state index contributed by atoms with van der Waals surface area (Å²) in [6.07, 6.45) is 5.88. The molecule has 0 unspecified atom stereocenters. The van der Waals surface area contributed by atoms with Crippen LogP contribution >= 0.6 is 0 Å². The van der Waals surface area contributed by atoms with Crippen molar-refractivity contribution in [3.8, 4) is 0 Å². The van der Waals surface area contributed by atoms with Crippen molar-refractivity contribution in [1.82, 2.24) is 19.9 Å². The summed E-state index contributed by atoms with van der Waals surface area (Å²) < 4.78 is 5.82. The Morgan fingerprint density at radius 3 is 2.58 bits per heavy atom. The number of benzene rings is 1. The zero-order chi connectivity index (χ0) is 23.0. The van der Waals surface area contributed by atoms with Crippen molar-refractivity contribution in [2.24, 2.45) is 0 Å². The van der Waals surface area contributed by atoms with Gasteiger partial charge in [-0.25, -0.2) is 9.97 Å². The Bertz CT molecular complexity index is 1010. The van der Waals surface area contributed by atoms with Gasteiger partial charge in [0.25, 0.3) is 0 Å². The summed E-state index contributed by atoms with van der Waals surface area (Å²) in [4.78, 5) is 18.9. The van der Waals surface area contributed by atoms with Crippen molar-refractivity contribution < 1.29 is 4.74 Å².